The van der Waals surface area contributed by atoms with Crippen molar-refractivity contribution in [1.82, 2.24) is 9.80 Å². The van der Waals surface area contributed by atoms with Crippen molar-refractivity contribution in [3.05, 3.63) is 54.1 Å². The molecule has 7 nitrogen and oxygen atoms in total. The Morgan fingerprint density at radius 2 is 1.74 bits per heavy atom. The van der Waals surface area contributed by atoms with Gasteiger partial charge in [-0.05, 0) is 30.5 Å². The Morgan fingerprint density at radius 1 is 1.03 bits per heavy atom. The normalized spacial score (nSPS) is 17.3. The number of carbonyl (C=O) groups excluding carboxylic acids is 1. The summed E-state index contributed by atoms with van der Waals surface area (Å²) < 4.78 is 16.2. The Labute approximate surface area is 183 Å². The molecule has 2 aromatic carbocycles. The van der Waals surface area contributed by atoms with Crippen LogP contribution in [0.3, 0.4) is 0 Å². The molecule has 166 valence electrons. The molecule has 0 spiro atoms. The van der Waals surface area contributed by atoms with Crippen molar-refractivity contribution < 1.29 is 19.0 Å². The summed E-state index contributed by atoms with van der Waals surface area (Å²) in [4.78, 5) is 17.2. The van der Waals surface area contributed by atoms with Crippen LogP contribution in [0.1, 0.15) is 18.4 Å². The van der Waals surface area contributed by atoms with Crippen LogP contribution >= 0.6 is 0 Å². The highest BCUT2D eigenvalue weighted by Gasteiger charge is 2.38. The van der Waals surface area contributed by atoms with Crippen LogP contribution in [0.5, 0.6) is 11.5 Å². The molecule has 2 aliphatic rings. The van der Waals surface area contributed by atoms with Gasteiger partial charge in [-0.3, -0.25) is 4.90 Å². The van der Waals surface area contributed by atoms with E-state index in [9.17, 15) is 4.79 Å². The SMILES string of the molecule is COc1ccc(NC(=O)N2CC(N(Cc3ccccc3)C3CCOCC3)C2)cc1OC. The van der Waals surface area contributed by atoms with Gasteiger partial charge in [0.25, 0.3) is 0 Å². The minimum absolute atomic E-state index is 0.0879. The average molecular weight is 426 g/mol. The third-order valence-corrected chi connectivity index (χ3v) is 6.12. The van der Waals surface area contributed by atoms with Crippen molar-refractivity contribution in [2.75, 3.05) is 45.8 Å². The van der Waals surface area contributed by atoms with E-state index in [0.717, 1.165) is 45.7 Å². The fourth-order valence-corrected chi connectivity index (χ4v) is 4.31. The molecule has 31 heavy (non-hydrogen) atoms. The highest BCUT2D eigenvalue weighted by molar-refractivity contribution is 5.90. The molecule has 0 atom stereocenters. The van der Waals surface area contributed by atoms with Crippen LogP contribution in [-0.4, -0.2) is 68.4 Å². The van der Waals surface area contributed by atoms with Gasteiger partial charge >= 0.3 is 6.03 Å². The lowest BCUT2D eigenvalue weighted by Crippen LogP contribution is -2.64. The van der Waals surface area contributed by atoms with Crippen LogP contribution in [0.25, 0.3) is 0 Å². The Bertz CT molecular complexity index is 864. The molecule has 0 aromatic heterocycles. The largest absolute Gasteiger partial charge is 0.493 e. The molecular formula is C24H31N3O4. The smallest absolute Gasteiger partial charge is 0.321 e. The summed E-state index contributed by atoms with van der Waals surface area (Å²) in [7, 11) is 3.18. The van der Waals surface area contributed by atoms with E-state index in [4.69, 9.17) is 14.2 Å². The third-order valence-electron chi connectivity index (χ3n) is 6.12. The number of urea groups is 1. The molecule has 2 aliphatic heterocycles. The maximum atomic E-state index is 12.8. The minimum atomic E-state index is -0.0879. The van der Waals surface area contributed by atoms with Crippen molar-refractivity contribution in [2.24, 2.45) is 0 Å². The number of amides is 2. The molecule has 0 radical (unpaired) electrons. The van der Waals surface area contributed by atoms with E-state index in [1.165, 1.54) is 5.56 Å². The van der Waals surface area contributed by atoms with E-state index in [0.29, 0.717) is 29.3 Å². The highest BCUT2D eigenvalue weighted by Crippen LogP contribution is 2.30. The summed E-state index contributed by atoms with van der Waals surface area (Å²) in [6.45, 7) is 3.98. The fraction of sp³-hybridized carbons (Fsp3) is 0.458. The quantitative estimate of drug-likeness (QED) is 0.734. The summed E-state index contributed by atoms with van der Waals surface area (Å²) in [5.74, 6) is 1.23. The van der Waals surface area contributed by atoms with Crippen molar-refractivity contribution in [2.45, 2.75) is 31.5 Å². The fourth-order valence-electron chi connectivity index (χ4n) is 4.31. The molecule has 1 N–H and O–H groups in total. The van der Waals surface area contributed by atoms with Gasteiger partial charge in [0.1, 0.15) is 0 Å². The van der Waals surface area contributed by atoms with E-state index in [1.807, 2.05) is 17.0 Å². The van der Waals surface area contributed by atoms with Gasteiger partial charge in [0.2, 0.25) is 0 Å². The van der Waals surface area contributed by atoms with E-state index in [-0.39, 0.29) is 6.03 Å². The second-order valence-electron chi connectivity index (χ2n) is 8.06. The second kappa shape index (κ2) is 10.0. The van der Waals surface area contributed by atoms with Crippen LogP contribution in [-0.2, 0) is 11.3 Å². The van der Waals surface area contributed by atoms with Crippen LogP contribution < -0.4 is 14.8 Å². The molecule has 0 unspecified atom stereocenters. The number of nitrogens with zero attached hydrogens (tertiary/aromatic N) is 2. The van der Waals surface area contributed by atoms with E-state index in [2.05, 4.69) is 34.5 Å². The number of likely N-dealkylation sites (tertiary alicyclic amines) is 1. The Morgan fingerprint density at radius 3 is 2.42 bits per heavy atom. The maximum Gasteiger partial charge on any atom is 0.321 e. The van der Waals surface area contributed by atoms with Crippen LogP contribution in [0.2, 0.25) is 0 Å². The first kappa shape index (κ1) is 21.5. The topological polar surface area (TPSA) is 63.3 Å². The monoisotopic (exact) mass is 425 g/mol. The average Bonchev–Trinajstić information content (AvgIpc) is 2.78. The molecule has 7 heteroatoms. The van der Waals surface area contributed by atoms with Crippen molar-refractivity contribution >= 4 is 11.7 Å². The Hall–Kier alpha value is -2.77. The van der Waals surface area contributed by atoms with Gasteiger partial charge in [-0.25, -0.2) is 4.79 Å². The minimum Gasteiger partial charge on any atom is -0.493 e. The summed E-state index contributed by atoms with van der Waals surface area (Å²) in [5, 5.41) is 2.97. The van der Waals surface area contributed by atoms with Gasteiger partial charge in [-0.1, -0.05) is 30.3 Å². The molecule has 2 amide bonds. The zero-order valence-corrected chi connectivity index (χ0v) is 18.3. The van der Waals surface area contributed by atoms with Gasteiger partial charge in [0.05, 0.1) is 14.2 Å². The molecule has 2 heterocycles. The van der Waals surface area contributed by atoms with Gasteiger partial charge in [-0.2, -0.15) is 0 Å². The Balaban J connectivity index is 1.37. The number of hydrogen-bond acceptors (Lipinski definition) is 5. The van der Waals surface area contributed by atoms with Crippen molar-refractivity contribution in [3.63, 3.8) is 0 Å². The summed E-state index contributed by atoms with van der Waals surface area (Å²) >= 11 is 0. The maximum absolute atomic E-state index is 12.8. The standard InChI is InChI=1S/C24H31N3O4/c1-29-22-9-8-19(14-23(22)30-2)25-24(28)26-16-21(17-26)27(20-10-12-31-13-11-20)15-18-6-4-3-5-7-18/h3-9,14,20-21H,10-13,15-17H2,1-2H3,(H,25,28). The number of methoxy groups -OCH3 is 2. The van der Waals surface area contributed by atoms with Gasteiger partial charge in [0, 0.05) is 56.7 Å². The number of carbonyl (C=O) groups is 1. The lowest BCUT2D eigenvalue weighted by molar-refractivity contribution is -0.0223. The van der Waals surface area contributed by atoms with Crippen molar-refractivity contribution in [3.8, 4) is 11.5 Å². The number of ether oxygens (including phenoxy) is 3. The van der Waals surface area contributed by atoms with Gasteiger partial charge < -0.3 is 24.4 Å². The first-order valence-electron chi connectivity index (χ1n) is 10.8. The number of hydrogen-bond donors (Lipinski definition) is 1. The zero-order valence-electron chi connectivity index (χ0n) is 18.3. The number of rotatable bonds is 7. The first-order valence-corrected chi connectivity index (χ1v) is 10.8. The molecule has 0 bridgehead atoms. The third kappa shape index (κ3) is 5.11. The van der Waals surface area contributed by atoms with E-state index < -0.39 is 0 Å². The predicted molar refractivity (Wildman–Crippen MR) is 120 cm³/mol. The lowest BCUT2D eigenvalue weighted by atomic mass is 9.99. The van der Waals surface area contributed by atoms with Crippen LogP contribution in [0.4, 0.5) is 10.5 Å². The summed E-state index contributed by atoms with van der Waals surface area (Å²) in [6.07, 6.45) is 2.09. The summed E-state index contributed by atoms with van der Waals surface area (Å²) in [5.41, 5.74) is 2.00. The number of benzene rings is 2. The first-order chi connectivity index (χ1) is 15.2. The molecule has 2 fully saturated rings. The number of nitrogens with one attached hydrogen (secondary N) is 1. The van der Waals surface area contributed by atoms with Gasteiger partial charge in [-0.15, -0.1) is 0 Å². The molecule has 2 aromatic rings. The predicted octanol–water partition coefficient (Wildman–Crippen LogP) is 3.60. The van der Waals surface area contributed by atoms with Crippen LogP contribution in [0, 0.1) is 0 Å². The molecular weight excluding hydrogens is 394 g/mol. The molecule has 4 rings (SSSR count). The second-order valence-corrected chi connectivity index (χ2v) is 8.06. The van der Waals surface area contributed by atoms with E-state index in [1.54, 1.807) is 26.4 Å². The number of anilines is 1. The molecule has 2 saturated heterocycles. The molecule has 0 aliphatic carbocycles. The van der Waals surface area contributed by atoms with Gasteiger partial charge in [0.15, 0.2) is 11.5 Å². The lowest BCUT2D eigenvalue weighted by Gasteiger charge is -2.49. The van der Waals surface area contributed by atoms with Crippen LogP contribution in [0.15, 0.2) is 48.5 Å². The molecule has 0 saturated carbocycles. The highest BCUT2D eigenvalue weighted by atomic mass is 16.5. The van der Waals surface area contributed by atoms with E-state index >= 15 is 0 Å². The van der Waals surface area contributed by atoms with Crippen molar-refractivity contribution in [1.29, 1.82) is 0 Å². The summed E-state index contributed by atoms with van der Waals surface area (Å²) in [6, 6.07) is 16.7. The zero-order chi connectivity index (χ0) is 21.6. The Kier molecular flexibility index (Phi) is 6.94.